The van der Waals surface area contributed by atoms with Crippen LogP contribution >= 0.6 is 0 Å². The predicted octanol–water partition coefficient (Wildman–Crippen LogP) is 2.12. The van der Waals surface area contributed by atoms with Crippen LogP contribution in [0.1, 0.15) is 31.2 Å². The lowest BCUT2D eigenvalue weighted by Crippen LogP contribution is -2.40. The van der Waals surface area contributed by atoms with Gasteiger partial charge < -0.3 is 15.8 Å². The van der Waals surface area contributed by atoms with Crippen LogP contribution in [0.5, 0.6) is 5.75 Å². The van der Waals surface area contributed by atoms with Crippen molar-refractivity contribution in [3.63, 3.8) is 0 Å². The molecule has 21 heavy (non-hydrogen) atoms. The highest BCUT2D eigenvalue weighted by Gasteiger charge is 2.29. The lowest BCUT2D eigenvalue weighted by Gasteiger charge is -2.29. The first kappa shape index (κ1) is 15.8. The Bertz CT molecular complexity index is 462. The molecular formula is C17H26N2O2. The second-order valence-corrected chi connectivity index (χ2v) is 5.74. The van der Waals surface area contributed by atoms with Crippen molar-refractivity contribution < 1.29 is 9.53 Å². The van der Waals surface area contributed by atoms with Crippen molar-refractivity contribution in [1.29, 1.82) is 0 Å². The Morgan fingerprint density at radius 3 is 2.86 bits per heavy atom. The number of benzene rings is 1. The molecule has 0 aromatic heterocycles. The van der Waals surface area contributed by atoms with E-state index in [4.69, 9.17) is 10.5 Å². The van der Waals surface area contributed by atoms with Crippen LogP contribution in [0.3, 0.4) is 0 Å². The number of carbonyl (C=O) groups excluding carboxylic acids is 1. The summed E-state index contributed by atoms with van der Waals surface area (Å²) >= 11 is 0. The van der Waals surface area contributed by atoms with Crippen LogP contribution in [0.4, 0.5) is 0 Å². The third kappa shape index (κ3) is 4.21. The van der Waals surface area contributed by atoms with E-state index < -0.39 is 0 Å². The van der Waals surface area contributed by atoms with Crippen molar-refractivity contribution in [3.05, 3.63) is 29.8 Å². The lowest BCUT2D eigenvalue weighted by atomic mass is 9.79. The minimum atomic E-state index is 0.0985. The smallest absolute Gasteiger partial charge is 0.223 e. The summed E-state index contributed by atoms with van der Waals surface area (Å²) in [7, 11) is 1.67. The summed E-state index contributed by atoms with van der Waals surface area (Å²) in [5.41, 5.74) is 6.92. The molecule has 4 heteroatoms. The molecule has 0 spiro atoms. The highest BCUT2D eigenvalue weighted by atomic mass is 16.5. The highest BCUT2D eigenvalue weighted by Crippen LogP contribution is 2.29. The number of ether oxygens (including phenoxy) is 1. The number of amides is 1. The number of hydrogen-bond acceptors (Lipinski definition) is 3. The van der Waals surface area contributed by atoms with Gasteiger partial charge in [-0.1, -0.05) is 31.0 Å². The van der Waals surface area contributed by atoms with Crippen LogP contribution in [0.15, 0.2) is 24.3 Å². The quantitative estimate of drug-likeness (QED) is 0.843. The van der Waals surface area contributed by atoms with Crippen LogP contribution in [-0.2, 0) is 11.2 Å². The van der Waals surface area contributed by atoms with Gasteiger partial charge in [0.1, 0.15) is 5.75 Å². The van der Waals surface area contributed by atoms with Crippen molar-refractivity contribution >= 4 is 5.91 Å². The molecule has 1 aliphatic rings. The minimum absolute atomic E-state index is 0.0985. The minimum Gasteiger partial charge on any atom is -0.496 e. The molecule has 1 aliphatic carbocycles. The first-order valence-corrected chi connectivity index (χ1v) is 7.86. The number of hydrogen-bond donors (Lipinski definition) is 2. The maximum absolute atomic E-state index is 12.3. The molecule has 2 unspecified atom stereocenters. The SMILES string of the molecule is COc1ccccc1CCNC(=O)C1CCCCC1CN. The Kier molecular flexibility index (Phi) is 6.05. The van der Waals surface area contributed by atoms with Gasteiger partial charge >= 0.3 is 0 Å². The molecule has 0 radical (unpaired) electrons. The molecule has 0 heterocycles. The van der Waals surface area contributed by atoms with Gasteiger partial charge in [-0.3, -0.25) is 4.79 Å². The molecule has 1 fully saturated rings. The van der Waals surface area contributed by atoms with E-state index >= 15 is 0 Å². The standard InChI is InChI=1S/C17H26N2O2/c1-21-16-9-5-3-6-13(16)10-11-19-17(20)15-8-4-2-7-14(15)12-18/h3,5-6,9,14-15H,2,4,7-8,10-12,18H2,1H3,(H,19,20). The summed E-state index contributed by atoms with van der Waals surface area (Å²) < 4.78 is 5.32. The Morgan fingerprint density at radius 2 is 2.10 bits per heavy atom. The number of rotatable bonds is 6. The topological polar surface area (TPSA) is 64.3 Å². The van der Waals surface area contributed by atoms with E-state index in [0.29, 0.717) is 19.0 Å². The van der Waals surface area contributed by atoms with Gasteiger partial charge in [-0.15, -0.1) is 0 Å². The van der Waals surface area contributed by atoms with Gasteiger partial charge in [0, 0.05) is 12.5 Å². The Hall–Kier alpha value is -1.55. The van der Waals surface area contributed by atoms with Crippen LogP contribution in [0.2, 0.25) is 0 Å². The molecule has 2 atom stereocenters. The molecule has 0 bridgehead atoms. The third-order valence-electron chi connectivity index (χ3n) is 4.43. The van der Waals surface area contributed by atoms with E-state index in [1.165, 1.54) is 6.42 Å². The second-order valence-electron chi connectivity index (χ2n) is 5.74. The highest BCUT2D eigenvalue weighted by molar-refractivity contribution is 5.79. The average molecular weight is 290 g/mol. The van der Waals surface area contributed by atoms with Crippen molar-refractivity contribution in [1.82, 2.24) is 5.32 Å². The zero-order valence-electron chi connectivity index (χ0n) is 12.8. The largest absolute Gasteiger partial charge is 0.496 e. The van der Waals surface area contributed by atoms with Crippen LogP contribution in [-0.4, -0.2) is 26.1 Å². The first-order chi connectivity index (χ1) is 10.3. The normalized spacial score (nSPS) is 21.8. The van der Waals surface area contributed by atoms with Crippen molar-refractivity contribution in [2.24, 2.45) is 17.6 Å². The summed E-state index contributed by atoms with van der Waals surface area (Å²) in [5, 5.41) is 3.07. The summed E-state index contributed by atoms with van der Waals surface area (Å²) in [6, 6.07) is 7.93. The van der Waals surface area contributed by atoms with Gasteiger partial charge in [0.05, 0.1) is 7.11 Å². The lowest BCUT2D eigenvalue weighted by molar-refractivity contribution is -0.127. The van der Waals surface area contributed by atoms with E-state index in [1.807, 2.05) is 24.3 Å². The summed E-state index contributed by atoms with van der Waals surface area (Å²) in [4.78, 5) is 12.3. The Balaban J connectivity index is 1.83. The number of nitrogens with two attached hydrogens (primary N) is 1. The molecule has 1 amide bonds. The van der Waals surface area contributed by atoms with E-state index in [2.05, 4.69) is 5.32 Å². The molecule has 116 valence electrons. The van der Waals surface area contributed by atoms with E-state index in [0.717, 1.165) is 37.0 Å². The molecule has 3 N–H and O–H groups in total. The number of methoxy groups -OCH3 is 1. The Morgan fingerprint density at radius 1 is 1.33 bits per heavy atom. The second kappa shape index (κ2) is 8.03. The molecule has 0 aliphatic heterocycles. The number of nitrogens with one attached hydrogen (secondary N) is 1. The maximum atomic E-state index is 12.3. The fourth-order valence-corrected chi connectivity index (χ4v) is 3.20. The van der Waals surface area contributed by atoms with Gasteiger partial charge in [-0.05, 0) is 43.4 Å². The summed E-state index contributed by atoms with van der Waals surface area (Å²) in [5.74, 6) is 1.50. The van der Waals surface area contributed by atoms with Crippen molar-refractivity contribution in [3.8, 4) is 5.75 Å². The van der Waals surface area contributed by atoms with E-state index in [9.17, 15) is 4.79 Å². The average Bonchev–Trinajstić information content (AvgIpc) is 2.55. The van der Waals surface area contributed by atoms with Crippen molar-refractivity contribution in [2.75, 3.05) is 20.2 Å². The maximum Gasteiger partial charge on any atom is 0.223 e. The van der Waals surface area contributed by atoms with Gasteiger partial charge in [-0.2, -0.15) is 0 Å². The van der Waals surface area contributed by atoms with Crippen LogP contribution in [0, 0.1) is 11.8 Å². The summed E-state index contributed by atoms with van der Waals surface area (Å²) in [6.45, 7) is 1.26. The van der Waals surface area contributed by atoms with Gasteiger partial charge in [-0.25, -0.2) is 0 Å². The van der Waals surface area contributed by atoms with Crippen molar-refractivity contribution in [2.45, 2.75) is 32.1 Å². The molecule has 1 aromatic carbocycles. The van der Waals surface area contributed by atoms with E-state index in [1.54, 1.807) is 7.11 Å². The zero-order chi connectivity index (χ0) is 15.1. The monoisotopic (exact) mass is 290 g/mol. The van der Waals surface area contributed by atoms with Crippen LogP contribution in [0.25, 0.3) is 0 Å². The summed E-state index contributed by atoms with van der Waals surface area (Å²) in [6.07, 6.45) is 5.19. The predicted molar refractivity (Wildman–Crippen MR) is 84.2 cm³/mol. The molecule has 4 nitrogen and oxygen atoms in total. The molecule has 0 saturated heterocycles. The fourth-order valence-electron chi connectivity index (χ4n) is 3.20. The van der Waals surface area contributed by atoms with E-state index in [-0.39, 0.29) is 11.8 Å². The molecular weight excluding hydrogens is 264 g/mol. The third-order valence-corrected chi connectivity index (χ3v) is 4.43. The van der Waals surface area contributed by atoms with Crippen LogP contribution < -0.4 is 15.8 Å². The molecule has 1 aromatic rings. The van der Waals surface area contributed by atoms with Gasteiger partial charge in [0.25, 0.3) is 0 Å². The number of para-hydroxylation sites is 1. The van der Waals surface area contributed by atoms with Gasteiger partial charge in [0.2, 0.25) is 5.91 Å². The molecule has 1 saturated carbocycles. The zero-order valence-corrected chi connectivity index (χ0v) is 12.8. The Labute approximate surface area is 127 Å². The fraction of sp³-hybridized carbons (Fsp3) is 0.588. The first-order valence-electron chi connectivity index (χ1n) is 7.86. The van der Waals surface area contributed by atoms with Gasteiger partial charge in [0.15, 0.2) is 0 Å². The molecule has 2 rings (SSSR count). The number of carbonyl (C=O) groups is 1.